The molecule has 3 rings (SSSR count). The van der Waals surface area contributed by atoms with Gasteiger partial charge in [0.1, 0.15) is 5.56 Å². The van der Waals surface area contributed by atoms with Crippen molar-refractivity contribution in [3.8, 4) is 0 Å². The van der Waals surface area contributed by atoms with Crippen molar-refractivity contribution in [1.29, 1.82) is 0 Å². The second kappa shape index (κ2) is 6.55. The predicted octanol–water partition coefficient (Wildman–Crippen LogP) is -0.878. The van der Waals surface area contributed by atoms with Crippen molar-refractivity contribution >= 4 is 44.6 Å². The Balaban J connectivity index is 0.00000192. The number of benzene rings is 2. The Morgan fingerprint density at radius 2 is 1.83 bits per heavy atom. The molecule has 0 saturated heterocycles. The summed E-state index contributed by atoms with van der Waals surface area (Å²) in [5.74, 6) is -0.589. The number of fused-ring (bicyclic) bond motifs is 1. The first-order valence-electron chi connectivity index (χ1n) is 6.60. The Bertz CT molecular complexity index is 892. The molecule has 0 aliphatic heterocycles. The summed E-state index contributed by atoms with van der Waals surface area (Å²) in [5.41, 5.74) is 10.6. The maximum atomic E-state index is 12.4. The van der Waals surface area contributed by atoms with Crippen LogP contribution in [0.4, 0.5) is 11.4 Å². The lowest BCUT2D eigenvalue weighted by Gasteiger charge is -2.06. The fraction of sp³-hybridized carbons (Fsp3) is 0. The normalized spacial score (nSPS) is 10.1. The van der Waals surface area contributed by atoms with Gasteiger partial charge in [0, 0.05) is 10.4 Å². The lowest BCUT2D eigenvalue weighted by Crippen LogP contribution is -3.00. The summed E-state index contributed by atoms with van der Waals surface area (Å²) in [7, 11) is 0. The first-order chi connectivity index (χ1) is 10.5. The molecule has 0 aliphatic rings. The zero-order valence-corrected chi connectivity index (χ0v) is 12.8. The van der Waals surface area contributed by atoms with Gasteiger partial charge < -0.3 is 15.8 Å². The Labute approximate surface area is 135 Å². The smallest absolute Gasteiger partial charge is 0.343 e. The van der Waals surface area contributed by atoms with E-state index in [2.05, 4.69) is 11.1 Å². The highest BCUT2D eigenvalue weighted by molar-refractivity contribution is 7.20. The number of nitrogens with two attached hydrogens (primary N) is 1. The van der Waals surface area contributed by atoms with Crippen LogP contribution < -0.4 is 21.5 Å². The quantitative estimate of drug-likeness (QED) is 0.544. The van der Waals surface area contributed by atoms with Crippen LogP contribution in [0.5, 0.6) is 0 Å². The first kappa shape index (κ1) is 16.6. The molecule has 2 aromatic carbocycles. The number of rotatable bonds is 3. The lowest BCUT2D eigenvalue weighted by atomic mass is 10.1. The van der Waals surface area contributed by atoms with E-state index < -0.39 is 0 Å². The monoisotopic (exact) mass is 331 g/mol. The van der Waals surface area contributed by atoms with E-state index in [0.717, 1.165) is 10.1 Å². The fourth-order valence-electron chi connectivity index (χ4n) is 2.19. The molecular formula is C16H14FN3O2S. The molecule has 0 spiro atoms. The van der Waals surface area contributed by atoms with E-state index in [-0.39, 0.29) is 16.5 Å². The predicted molar refractivity (Wildman–Crippen MR) is 87.9 cm³/mol. The molecule has 0 fully saturated rings. The van der Waals surface area contributed by atoms with Crippen LogP contribution in [0.25, 0.3) is 10.1 Å². The van der Waals surface area contributed by atoms with Gasteiger partial charge in [0.15, 0.2) is 0 Å². The van der Waals surface area contributed by atoms with E-state index in [1.165, 1.54) is 11.3 Å². The molecular weight excluding hydrogens is 317 g/mol. The van der Waals surface area contributed by atoms with Gasteiger partial charge in [-0.3, -0.25) is 10.5 Å². The van der Waals surface area contributed by atoms with Gasteiger partial charge in [-0.2, -0.15) is 0 Å². The largest absolute Gasteiger partial charge is 1.00 e. The summed E-state index contributed by atoms with van der Waals surface area (Å²) in [5, 5.41) is 3.69. The number of thiophene rings is 1. The van der Waals surface area contributed by atoms with Gasteiger partial charge in [-0.05, 0) is 41.8 Å². The number of carbonyl (C=O) groups excluding carboxylic acids is 2. The molecule has 1 aromatic heterocycles. The first-order valence-corrected chi connectivity index (χ1v) is 7.42. The minimum atomic E-state index is -0.333. The maximum absolute atomic E-state index is 12.4. The van der Waals surface area contributed by atoms with E-state index >= 15 is 0 Å². The summed E-state index contributed by atoms with van der Waals surface area (Å²) in [6, 6.07) is 14.1. The summed E-state index contributed by atoms with van der Waals surface area (Å²) < 4.78 is 0.987. The molecule has 0 aliphatic carbocycles. The minimum Gasteiger partial charge on any atom is -1.00 e. The van der Waals surface area contributed by atoms with E-state index in [1.807, 2.05) is 12.1 Å². The van der Waals surface area contributed by atoms with Crippen LogP contribution in [0, 0.1) is 0 Å². The number of amides is 2. The van der Waals surface area contributed by atoms with Gasteiger partial charge in [-0.1, -0.05) is 12.1 Å². The van der Waals surface area contributed by atoms with Crippen LogP contribution in [0.3, 0.4) is 0 Å². The topological polar surface area (TPSA) is 99.8 Å². The van der Waals surface area contributed by atoms with Crippen LogP contribution >= 0.6 is 11.3 Å². The number of anilines is 2. The minimum absolute atomic E-state index is 0. The van der Waals surface area contributed by atoms with E-state index in [4.69, 9.17) is 5.73 Å². The molecule has 5 nitrogen and oxygen atoms in total. The van der Waals surface area contributed by atoms with E-state index in [9.17, 15) is 9.59 Å². The van der Waals surface area contributed by atoms with Gasteiger partial charge in [0.25, 0.3) is 5.91 Å². The molecule has 0 bridgehead atoms. The zero-order valence-electron chi connectivity index (χ0n) is 12.0. The van der Waals surface area contributed by atoms with Crippen LogP contribution in [-0.4, -0.2) is 11.8 Å². The molecule has 3 aromatic rings. The Kier molecular flexibility index (Phi) is 4.73. The SMILES string of the molecule is Nc1ccc2sc(C(=O)Nc3ccccc3C([NH3+])=O)cc2c1.[F-]. The van der Waals surface area contributed by atoms with Gasteiger partial charge in [-0.25, -0.2) is 4.79 Å². The Hall–Kier alpha value is -2.77. The molecule has 0 saturated carbocycles. The number of halogens is 1. The van der Waals surface area contributed by atoms with Crippen LogP contribution in [0.1, 0.15) is 20.0 Å². The van der Waals surface area contributed by atoms with Crippen molar-refractivity contribution in [3.05, 3.63) is 59.0 Å². The average molecular weight is 331 g/mol. The number of quaternary nitrogens is 1. The van der Waals surface area contributed by atoms with Crippen LogP contribution in [0.15, 0.2) is 48.5 Å². The standard InChI is InChI=1S/C16H13N3O2S.FH/c17-10-5-6-13-9(7-10)8-14(22-13)16(21)19-12-4-2-1-3-11(12)15(18)20;/h1-8H,17H2,(H2,18,20)(H,19,21);1H. The maximum Gasteiger partial charge on any atom is 0.343 e. The number of para-hydroxylation sites is 1. The van der Waals surface area contributed by atoms with E-state index in [1.54, 1.807) is 36.4 Å². The lowest BCUT2D eigenvalue weighted by molar-refractivity contribution is -0.254. The summed E-state index contributed by atoms with van der Waals surface area (Å²) in [6.45, 7) is 0. The molecule has 0 radical (unpaired) electrons. The van der Waals surface area contributed by atoms with Crippen molar-refractivity contribution in [2.75, 3.05) is 11.1 Å². The molecule has 6 N–H and O–H groups in total. The molecule has 2 amide bonds. The van der Waals surface area contributed by atoms with Crippen molar-refractivity contribution in [2.45, 2.75) is 0 Å². The van der Waals surface area contributed by atoms with Crippen molar-refractivity contribution < 1.29 is 20.0 Å². The summed E-state index contributed by atoms with van der Waals surface area (Å²) >= 11 is 1.38. The Morgan fingerprint density at radius 1 is 1.09 bits per heavy atom. The summed E-state index contributed by atoms with van der Waals surface area (Å²) in [6.07, 6.45) is 0. The number of hydrogen-bond donors (Lipinski definition) is 3. The number of hydrogen-bond acceptors (Lipinski definition) is 4. The van der Waals surface area contributed by atoms with Crippen molar-refractivity contribution in [2.24, 2.45) is 0 Å². The average Bonchev–Trinajstić information content (AvgIpc) is 2.90. The number of carbonyl (C=O) groups is 2. The summed E-state index contributed by atoms with van der Waals surface area (Å²) in [4.78, 5) is 24.4. The number of nitrogens with one attached hydrogen (secondary N) is 1. The molecule has 7 heteroatoms. The third-order valence-corrected chi connectivity index (χ3v) is 4.35. The van der Waals surface area contributed by atoms with Crippen molar-refractivity contribution in [3.63, 3.8) is 0 Å². The molecule has 1 heterocycles. The van der Waals surface area contributed by atoms with Crippen LogP contribution in [-0.2, 0) is 0 Å². The zero-order chi connectivity index (χ0) is 15.7. The van der Waals surface area contributed by atoms with Gasteiger partial charge in [0.2, 0.25) is 0 Å². The highest BCUT2D eigenvalue weighted by Crippen LogP contribution is 2.28. The van der Waals surface area contributed by atoms with E-state index in [0.29, 0.717) is 21.8 Å². The second-order valence-electron chi connectivity index (χ2n) is 4.83. The third-order valence-electron chi connectivity index (χ3n) is 3.24. The molecule has 118 valence electrons. The number of nitrogen functional groups attached to an aromatic ring is 1. The van der Waals surface area contributed by atoms with Crippen LogP contribution in [0.2, 0.25) is 0 Å². The molecule has 0 atom stereocenters. The van der Waals surface area contributed by atoms with Gasteiger partial charge in [-0.15, -0.1) is 11.3 Å². The Morgan fingerprint density at radius 3 is 2.57 bits per heavy atom. The molecule has 0 unspecified atom stereocenters. The van der Waals surface area contributed by atoms with Gasteiger partial charge >= 0.3 is 5.91 Å². The highest BCUT2D eigenvalue weighted by Gasteiger charge is 2.15. The third kappa shape index (κ3) is 3.36. The highest BCUT2D eigenvalue weighted by atomic mass is 32.1. The fourth-order valence-corrected chi connectivity index (χ4v) is 3.13. The molecule has 23 heavy (non-hydrogen) atoms. The van der Waals surface area contributed by atoms with Gasteiger partial charge in [0.05, 0.1) is 10.6 Å². The van der Waals surface area contributed by atoms with Crippen molar-refractivity contribution in [1.82, 2.24) is 0 Å². The second-order valence-corrected chi connectivity index (χ2v) is 5.91.